The lowest BCUT2D eigenvalue weighted by atomic mass is 9.87. The lowest BCUT2D eigenvalue weighted by Crippen LogP contribution is -2.55. The Kier molecular flexibility index (Phi) is 2.47. The van der Waals surface area contributed by atoms with E-state index in [2.05, 4.69) is 13.8 Å². The number of hydrogen-bond acceptors (Lipinski definition) is 3. The second-order valence-corrected chi connectivity index (χ2v) is 4.49. The van der Waals surface area contributed by atoms with Crippen molar-refractivity contribution in [2.24, 2.45) is 11.1 Å². The van der Waals surface area contributed by atoms with Gasteiger partial charge in [-0.25, -0.2) is 0 Å². The van der Waals surface area contributed by atoms with Crippen LogP contribution in [-0.4, -0.2) is 18.6 Å². The summed E-state index contributed by atoms with van der Waals surface area (Å²) in [6.45, 7) is 8.74. The Hall–Kier alpha value is -0.120. The first-order valence-electron chi connectivity index (χ1n) is 4.43. The minimum absolute atomic E-state index is 0.0320. The molecule has 0 aromatic carbocycles. The van der Waals surface area contributed by atoms with E-state index < -0.39 is 5.79 Å². The van der Waals surface area contributed by atoms with Crippen LogP contribution in [0.25, 0.3) is 0 Å². The van der Waals surface area contributed by atoms with Gasteiger partial charge in [0.25, 0.3) is 0 Å². The third-order valence-electron chi connectivity index (χ3n) is 2.21. The van der Waals surface area contributed by atoms with Gasteiger partial charge in [0.05, 0.1) is 0 Å². The van der Waals surface area contributed by atoms with Crippen molar-refractivity contribution in [1.82, 2.24) is 0 Å². The van der Waals surface area contributed by atoms with Gasteiger partial charge in [0.2, 0.25) is 0 Å². The molecule has 0 aromatic heterocycles. The standard InChI is InChI=1S/C9H19NO2/c1-8(2,5-6-10)7-11-9(3,4)12-7/h7H,5-6,10H2,1-4H3. The summed E-state index contributed by atoms with van der Waals surface area (Å²) in [5.41, 5.74) is 5.52. The maximum absolute atomic E-state index is 5.57. The Balaban J connectivity index is 2.40. The molecule has 2 N–H and O–H groups in total. The number of hydrogen-bond donors (Lipinski definition) is 1. The molecule has 0 spiro atoms. The molecule has 3 heteroatoms. The van der Waals surface area contributed by atoms with Crippen LogP contribution in [0.3, 0.4) is 0 Å². The van der Waals surface area contributed by atoms with Gasteiger partial charge in [-0.15, -0.1) is 0 Å². The second kappa shape index (κ2) is 2.98. The Morgan fingerprint density at radius 1 is 1.33 bits per heavy atom. The fraction of sp³-hybridized carbons (Fsp3) is 1.00. The molecule has 1 aliphatic heterocycles. The molecule has 0 unspecified atom stereocenters. The summed E-state index contributed by atoms with van der Waals surface area (Å²) in [6, 6.07) is 0. The molecule has 0 saturated carbocycles. The molecular formula is C9H19NO2. The molecule has 1 saturated heterocycles. The monoisotopic (exact) mass is 173 g/mol. The Bertz CT molecular complexity index is 158. The summed E-state index contributed by atoms with van der Waals surface area (Å²) < 4.78 is 11.1. The molecule has 72 valence electrons. The van der Waals surface area contributed by atoms with Crippen molar-refractivity contribution in [3.05, 3.63) is 0 Å². The lowest BCUT2D eigenvalue weighted by Gasteiger charge is -2.49. The fourth-order valence-corrected chi connectivity index (χ4v) is 1.33. The minimum Gasteiger partial charge on any atom is -0.330 e. The molecule has 0 aromatic rings. The zero-order chi connectivity index (χ0) is 9.41. The highest BCUT2D eigenvalue weighted by molar-refractivity contribution is 4.81. The van der Waals surface area contributed by atoms with E-state index in [9.17, 15) is 0 Å². The highest BCUT2D eigenvalue weighted by Gasteiger charge is 2.46. The van der Waals surface area contributed by atoms with Crippen LogP contribution in [0.4, 0.5) is 0 Å². The topological polar surface area (TPSA) is 44.5 Å². The van der Waals surface area contributed by atoms with E-state index in [0.717, 1.165) is 6.42 Å². The third kappa shape index (κ3) is 1.97. The van der Waals surface area contributed by atoms with E-state index in [1.807, 2.05) is 13.8 Å². The summed E-state index contributed by atoms with van der Waals surface area (Å²) >= 11 is 0. The van der Waals surface area contributed by atoms with E-state index in [-0.39, 0.29) is 11.7 Å². The first-order valence-corrected chi connectivity index (χ1v) is 4.43. The van der Waals surface area contributed by atoms with Crippen LogP contribution in [0.2, 0.25) is 0 Å². The molecule has 3 nitrogen and oxygen atoms in total. The van der Waals surface area contributed by atoms with Gasteiger partial charge in [0.15, 0.2) is 12.1 Å². The highest BCUT2D eigenvalue weighted by atomic mass is 16.9. The van der Waals surface area contributed by atoms with E-state index in [1.165, 1.54) is 0 Å². The van der Waals surface area contributed by atoms with Crippen molar-refractivity contribution >= 4 is 0 Å². The van der Waals surface area contributed by atoms with Crippen molar-refractivity contribution in [2.45, 2.75) is 46.2 Å². The molecular weight excluding hydrogens is 154 g/mol. The first-order chi connectivity index (χ1) is 5.37. The van der Waals surface area contributed by atoms with Gasteiger partial charge in [-0.05, 0) is 26.8 Å². The van der Waals surface area contributed by atoms with Crippen LogP contribution < -0.4 is 5.73 Å². The summed E-state index contributed by atoms with van der Waals surface area (Å²) in [6.07, 6.45) is 0.837. The zero-order valence-corrected chi connectivity index (χ0v) is 8.39. The maximum Gasteiger partial charge on any atom is 0.169 e. The van der Waals surface area contributed by atoms with Crippen LogP contribution in [0, 0.1) is 5.41 Å². The molecule has 0 radical (unpaired) electrons. The van der Waals surface area contributed by atoms with Crippen molar-refractivity contribution in [1.29, 1.82) is 0 Å². The van der Waals surface area contributed by atoms with Gasteiger partial charge in [0.1, 0.15) is 0 Å². The van der Waals surface area contributed by atoms with Crippen molar-refractivity contribution in [2.75, 3.05) is 6.54 Å². The molecule has 1 fully saturated rings. The van der Waals surface area contributed by atoms with Crippen LogP contribution >= 0.6 is 0 Å². The van der Waals surface area contributed by atoms with E-state index in [0.29, 0.717) is 6.54 Å². The summed E-state index contributed by atoms with van der Waals surface area (Å²) in [5.74, 6) is -0.392. The molecule has 0 amide bonds. The number of nitrogens with two attached hydrogens (primary N) is 1. The predicted molar refractivity (Wildman–Crippen MR) is 47.5 cm³/mol. The minimum atomic E-state index is -0.392. The van der Waals surface area contributed by atoms with Crippen LogP contribution in [0.1, 0.15) is 34.1 Å². The molecule has 12 heavy (non-hydrogen) atoms. The molecule has 1 rings (SSSR count). The highest BCUT2D eigenvalue weighted by Crippen LogP contribution is 2.40. The maximum atomic E-state index is 5.57. The first kappa shape index (κ1) is 9.96. The smallest absolute Gasteiger partial charge is 0.169 e. The van der Waals surface area contributed by atoms with Crippen molar-refractivity contribution in [3.8, 4) is 0 Å². The average molecular weight is 173 g/mol. The summed E-state index contributed by atoms with van der Waals surface area (Å²) in [4.78, 5) is 0. The molecule has 0 bridgehead atoms. The van der Waals surface area contributed by atoms with Crippen molar-refractivity contribution in [3.63, 3.8) is 0 Å². The SMILES string of the molecule is CC1(C)OC(C(C)(C)CCN)O1. The Labute approximate surface area is 74.2 Å². The van der Waals surface area contributed by atoms with Crippen molar-refractivity contribution < 1.29 is 9.47 Å². The lowest BCUT2D eigenvalue weighted by molar-refractivity contribution is -0.462. The van der Waals surface area contributed by atoms with Gasteiger partial charge in [-0.2, -0.15) is 0 Å². The second-order valence-electron chi connectivity index (χ2n) is 4.49. The van der Waals surface area contributed by atoms with Gasteiger partial charge in [-0.1, -0.05) is 13.8 Å². The summed E-state index contributed by atoms with van der Waals surface area (Å²) in [5, 5.41) is 0. The van der Waals surface area contributed by atoms with Crippen LogP contribution in [0.5, 0.6) is 0 Å². The molecule has 0 atom stereocenters. The molecule has 1 heterocycles. The van der Waals surface area contributed by atoms with Crippen LogP contribution in [0.15, 0.2) is 0 Å². The molecule has 0 aliphatic carbocycles. The average Bonchev–Trinajstić information content (AvgIpc) is 1.82. The van der Waals surface area contributed by atoms with Gasteiger partial charge in [0, 0.05) is 5.41 Å². The van der Waals surface area contributed by atoms with Crippen LogP contribution in [-0.2, 0) is 9.47 Å². The Morgan fingerprint density at radius 2 is 1.83 bits per heavy atom. The van der Waals surface area contributed by atoms with Gasteiger partial charge in [-0.3, -0.25) is 0 Å². The predicted octanol–water partition coefficient (Wildman–Crippen LogP) is 1.47. The fourth-order valence-electron chi connectivity index (χ4n) is 1.33. The third-order valence-corrected chi connectivity index (χ3v) is 2.21. The largest absolute Gasteiger partial charge is 0.330 e. The van der Waals surface area contributed by atoms with E-state index in [1.54, 1.807) is 0 Å². The number of rotatable bonds is 3. The van der Waals surface area contributed by atoms with Gasteiger partial charge >= 0.3 is 0 Å². The normalized spacial score (nSPS) is 23.8. The summed E-state index contributed by atoms with van der Waals surface area (Å²) in [7, 11) is 0. The number of ether oxygens (including phenoxy) is 2. The quantitative estimate of drug-likeness (QED) is 0.703. The molecule has 1 aliphatic rings. The zero-order valence-electron chi connectivity index (χ0n) is 8.39. The van der Waals surface area contributed by atoms with E-state index >= 15 is 0 Å². The Morgan fingerprint density at radius 3 is 2.17 bits per heavy atom. The van der Waals surface area contributed by atoms with Gasteiger partial charge < -0.3 is 15.2 Å². The van der Waals surface area contributed by atoms with E-state index in [4.69, 9.17) is 15.2 Å².